The van der Waals surface area contributed by atoms with Gasteiger partial charge in [-0.25, -0.2) is 4.99 Å². The molecular formula is C24H38N6O. The molecule has 0 bridgehead atoms. The molecule has 0 unspecified atom stereocenters. The lowest BCUT2D eigenvalue weighted by molar-refractivity contribution is 0.131. The Morgan fingerprint density at radius 3 is 2.42 bits per heavy atom. The molecule has 1 aromatic carbocycles. The maximum atomic E-state index is 5.43. The molecule has 7 heteroatoms. The van der Waals surface area contributed by atoms with Gasteiger partial charge in [0.1, 0.15) is 0 Å². The van der Waals surface area contributed by atoms with Crippen LogP contribution in [0.2, 0.25) is 0 Å². The summed E-state index contributed by atoms with van der Waals surface area (Å²) in [5.74, 6) is 1.97. The van der Waals surface area contributed by atoms with Crippen LogP contribution in [0.4, 0.5) is 0 Å². The molecule has 0 saturated carbocycles. The maximum Gasteiger partial charge on any atom is 0.191 e. The van der Waals surface area contributed by atoms with Crippen molar-refractivity contribution >= 4 is 5.96 Å². The fourth-order valence-corrected chi connectivity index (χ4v) is 3.73. The number of hydrogen-bond acceptors (Lipinski definition) is 5. The van der Waals surface area contributed by atoms with Gasteiger partial charge in [-0.1, -0.05) is 50.2 Å². The Morgan fingerprint density at radius 2 is 1.77 bits per heavy atom. The number of aliphatic imine (C=N–C) groups is 1. The largest absolute Gasteiger partial charge is 0.359 e. The molecule has 0 amide bonds. The smallest absolute Gasteiger partial charge is 0.191 e. The molecular weight excluding hydrogens is 388 g/mol. The standard InChI is InChI=1S/C24H38N6O/c1-5-25-24(27-17-22-15-23(19(3)4)28-31-22)26-16-20-9-7-8-10-21(20)18-30-13-11-29(6-2)12-14-30/h7-10,15,19H,5-6,11-14,16-18H2,1-4H3,(H2,25,26,27). The molecule has 2 N–H and O–H groups in total. The minimum absolute atomic E-state index is 0.362. The third-order valence-electron chi connectivity index (χ3n) is 5.77. The highest BCUT2D eigenvalue weighted by Gasteiger charge is 2.16. The van der Waals surface area contributed by atoms with Crippen LogP contribution in [0.1, 0.15) is 56.2 Å². The SMILES string of the molecule is CCNC(=NCc1ccccc1CN1CCN(CC)CC1)NCc1cc(C(C)C)no1. The lowest BCUT2D eigenvalue weighted by Crippen LogP contribution is -2.45. The fourth-order valence-electron chi connectivity index (χ4n) is 3.73. The van der Waals surface area contributed by atoms with Crippen LogP contribution < -0.4 is 10.6 Å². The van der Waals surface area contributed by atoms with Crippen LogP contribution in [0, 0.1) is 0 Å². The van der Waals surface area contributed by atoms with Gasteiger partial charge in [-0.15, -0.1) is 0 Å². The number of nitrogens with zero attached hydrogens (tertiary/aromatic N) is 4. The van der Waals surface area contributed by atoms with Gasteiger partial charge in [0, 0.05) is 45.3 Å². The van der Waals surface area contributed by atoms with Gasteiger partial charge < -0.3 is 20.1 Å². The number of likely N-dealkylation sites (N-methyl/N-ethyl adjacent to an activating group) is 1. The topological polar surface area (TPSA) is 68.9 Å². The number of benzene rings is 1. The van der Waals surface area contributed by atoms with Crippen molar-refractivity contribution in [2.75, 3.05) is 39.3 Å². The molecule has 7 nitrogen and oxygen atoms in total. The predicted molar refractivity (Wildman–Crippen MR) is 126 cm³/mol. The number of aromatic nitrogens is 1. The van der Waals surface area contributed by atoms with Crippen molar-refractivity contribution in [2.24, 2.45) is 4.99 Å². The molecule has 0 atom stereocenters. The second-order valence-electron chi connectivity index (χ2n) is 8.40. The van der Waals surface area contributed by atoms with Crippen molar-refractivity contribution in [2.45, 2.75) is 53.2 Å². The van der Waals surface area contributed by atoms with Gasteiger partial charge in [0.2, 0.25) is 0 Å². The number of rotatable bonds is 9. The molecule has 1 fully saturated rings. The monoisotopic (exact) mass is 426 g/mol. The highest BCUT2D eigenvalue weighted by Crippen LogP contribution is 2.15. The van der Waals surface area contributed by atoms with E-state index in [1.807, 2.05) is 6.07 Å². The number of hydrogen-bond donors (Lipinski definition) is 2. The molecule has 170 valence electrons. The molecule has 3 rings (SSSR count). The summed E-state index contributed by atoms with van der Waals surface area (Å²) in [6.45, 7) is 17.3. The predicted octanol–water partition coefficient (Wildman–Crippen LogP) is 3.19. The van der Waals surface area contributed by atoms with Crippen molar-refractivity contribution < 1.29 is 4.52 Å². The van der Waals surface area contributed by atoms with Crippen LogP contribution in [-0.4, -0.2) is 60.2 Å². The van der Waals surface area contributed by atoms with Gasteiger partial charge in [0.15, 0.2) is 11.7 Å². The van der Waals surface area contributed by atoms with Crippen LogP contribution in [-0.2, 0) is 19.6 Å². The van der Waals surface area contributed by atoms with Gasteiger partial charge >= 0.3 is 0 Å². The van der Waals surface area contributed by atoms with Gasteiger partial charge in [0.25, 0.3) is 0 Å². The molecule has 2 heterocycles. The normalized spacial score (nSPS) is 16.1. The second kappa shape index (κ2) is 11.9. The van der Waals surface area contributed by atoms with E-state index in [-0.39, 0.29) is 0 Å². The quantitative estimate of drug-likeness (QED) is 0.474. The van der Waals surface area contributed by atoms with E-state index >= 15 is 0 Å². The molecule has 0 aliphatic carbocycles. The summed E-state index contributed by atoms with van der Waals surface area (Å²) in [6, 6.07) is 10.7. The van der Waals surface area contributed by atoms with E-state index in [2.05, 4.69) is 77.6 Å². The first kappa shape index (κ1) is 23.3. The van der Waals surface area contributed by atoms with Crippen LogP contribution in [0.15, 0.2) is 39.8 Å². The van der Waals surface area contributed by atoms with E-state index in [1.165, 1.54) is 11.1 Å². The summed E-state index contributed by atoms with van der Waals surface area (Å²) in [4.78, 5) is 9.89. The Morgan fingerprint density at radius 1 is 1.06 bits per heavy atom. The third kappa shape index (κ3) is 7.08. The molecule has 1 aliphatic rings. The first-order chi connectivity index (χ1) is 15.1. The number of nitrogens with one attached hydrogen (secondary N) is 2. The molecule has 0 spiro atoms. The van der Waals surface area contributed by atoms with Crippen molar-refractivity contribution in [1.29, 1.82) is 0 Å². The van der Waals surface area contributed by atoms with Gasteiger partial charge in [-0.05, 0) is 30.5 Å². The van der Waals surface area contributed by atoms with Crippen molar-refractivity contribution in [3.63, 3.8) is 0 Å². The van der Waals surface area contributed by atoms with E-state index in [0.29, 0.717) is 19.0 Å². The van der Waals surface area contributed by atoms with Crippen LogP contribution in [0.3, 0.4) is 0 Å². The molecule has 2 aromatic rings. The molecule has 1 aromatic heterocycles. The Balaban J connectivity index is 1.59. The Kier molecular flexibility index (Phi) is 8.91. The van der Waals surface area contributed by atoms with Crippen LogP contribution in [0.5, 0.6) is 0 Å². The minimum Gasteiger partial charge on any atom is -0.359 e. The van der Waals surface area contributed by atoms with E-state index in [9.17, 15) is 0 Å². The molecule has 0 radical (unpaired) electrons. The van der Waals surface area contributed by atoms with Gasteiger partial charge in [-0.2, -0.15) is 0 Å². The second-order valence-corrected chi connectivity index (χ2v) is 8.40. The Bertz CT molecular complexity index is 823. The molecule has 1 saturated heterocycles. The van der Waals surface area contributed by atoms with E-state index in [0.717, 1.165) is 63.2 Å². The lowest BCUT2D eigenvalue weighted by Gasteiger charge is -2.34. The van der Waals surface area contributed by atoms with Gasteiger partial charge in [-0.3, -0.25) is 4.90 Å². The Hall–Kier alpha value is -2.38. The highest BCUT2D eigenvalue weighted by atomic mass is 16.5. The van der Waals surface area contributed by atoms with Crippen molar-refractivity contribution in [3.05, 3.63) is 52.9 Å². The van der Waals surface area contributed by atoms with Crippen molar-refractivity contribution in [3.8, 4) is 0 Å². The Labute approximate surface area is 186 Å². The summed E-state index contributed by atoms with van der Waals surface area (Å²) >= 11 is 0. The van der Waals surface area contributed by atoms with E-state index in [1.54, 1.807) is 0 Å². The fraction of sp³-hybridized carbons (Fsp3) is 0.583. The van der Waals surface area contributed by atoms with Gasteiger partial charge in [0.05, 0.1) is 18.8 Å². The zero-order valence-corrected chi connectivity index (χ0v) is 19.5. The maximum absolute atomic E-state index is 5.43. The highest BCUT2D eigenvalue weighted by molar-refractivity contribution is 5.79. The average molecular weight is 427 g/mol. The first-order valence-electron chi connectivity index (χ1n) is 11.6. The zero-order chi connectivity index (χ0) is 22.1. The summed E-state index contributed by atoms with van der Waals surface area (Å²) in [7, 11) is 0. The van der Waals surface area contributed by atoms with Crippen molar-refractivity contribution in [1.82, 2.24) is 25.6 Å². The average Bonchev–Trinajstić information content (AvgIpc) is 3.27. The third-order valence-corrected chi connectivity index (χ3v) is 5.77. The summed E-state index contributed by atoms with van der Waals surface area (Å²) < 4.78 is 5.43. The number of guanidine groups is 1. The van der Waals surface area contributed by atoms with E-state index < -0.39 is 0 Å². The van der Waals surface area contributed by atoms with Crippen LogP contribution >= 0.6 is 0 Å². The summed E-state index contributed by atoms with van der Waals surface area (Å²) in [5.41, 5.74) is 3.62. The molecule has 1 aliphatic heterocycles. The summed E-state index contributed by atoms with van der Waals surface area (Å²) in [5, 5.41) is 10.8. The lowest BCUT2D eigenvalue weighted by atomic mass is 10.1. The first-order valence-corrected chi connectivity index (χ1v) is 11.6. The van der Waals surface area contributed by atoms with E-state index in [4.69, 9.17) is 9.52 Å². The summed E-state index contributed by atoms with van der Waals surface area (Å²) in [6.07, 6.45) is 0. The van der Waals surface area contributed by atoms with Crippen LogP contribution in [0.25, 0.3) is 0 Å². The number of piperazine rings is 1. The minimum atomic E-state index is 0.362. The molecule has 31 heavy (non-hydrogen) atoms. The zero-order valence-electron chi connectivity index (χ0n) is 19.5.